The molecule has 8 heteroatoms. The van der Waals surface area contributed by atoms with Gasteiger partial charge in [0.05, 0.1) is 49.1 Å². The number of nitrogens with one attached hydrogen (secondary N) is 1. The number of ether oxygens (including phenoxy) is 2. The van der Waals surface area contributed by atoms with Gasteiger partial charge in [0, 0.05) is 12.5 Å². The molecular weight excluding hydrogens is 362 g/mol. The topological polar surface area (TPSA) is 93.9 Å². The molecule has 2 aliphatic carbocycles. The van der Waals surface area contributed by atoms with Gasteiger partial charge in [-0.1, -0.05) is 6.92 Å². The van der Waals surface area contributed by atoms with Crippen LogP contribution in [0.1, 0.15) is 55.3 Å². The van der Waals surface area contributed by atoms with Crippen LogP contribution >= 0.6 is 0 Å². The van der Waals surface area contributed by atoms with Gasteiger partial charge in [0.25, 0.3) is 5.91 Å². The lowest BCUT2D eigenvalue weighted by Gasteiger charge is -2.54. The maximum absolute atomic E-state index is 13.2. The average Bonchev–Trinajstić information content (AvgIpc) is 3.00. The van der Waals surface area contributed by atoms with Crippen molar-refractivity contribution >= 4 is 11.8 Å². The molecule has 4 aliphatic rings. The van der Waals surface area contributed by atoms with Gasteiger partial charge >= 0.3 is 0 Å². The van der Waals surface area contributed by atoms with Gasteiger partial charge in [-0.3, -0.25) is 9.59 Å². The third kappa shape index (κ3) is 2.85. The number of hydrogen-bond acceptors (Lipinski definition) is 6. The minimum absolute atomic E-state index is 0.0242. The first kappa shape index (κ1) is 18.1. The van der Waals surface area contributed by atoms with Crippen LogP contribution in [0.4, 0.5) is 0 Å². The fourth-order valence-electron chi connectivity index (χ4n) is 4.92. The number of aryl methyl sites for hydroxylation is 1. The Morgan fingerprint density at radius 2 is 2.21 bits per heavy atom. The first-order valence-corrected chi connectivity index (χ1v) is 10.3. The molecule has 1 unspecified atom stereocenters. The fraction of sp³-hybridized carbons (Fsp3) is 0.750. The summed E-state index contributed by atoms with van der Waals surface area (Å²) < 4.78 is 16.9. The highest BCUT2D eigenvalue weighted by Crippen LogP contribution is 2.48. The number of carbonyl (C=O) groups excluding carboxylic acids is 2. The van der Waals surface area contributed by atoms with E-state index in [0.717, 1.165) is 32.3 Å². The lowest BCUT2D eigenvalue weighted by molar-refractivity contribution is -0.141. The number of fused-ring (bicyclic) bond motifs is 1. The van der Waals surface area contributed by atoms with Crippen LogP contribution in [-0.4, -0.2) is 65.2 Å². The van der Waals surface area contributed by atoms with Crippen molar-refractivity contribution in [2.75, 3.05) is 26.4 Å². The highest BCUT2D eigenvalue weighted by molar-refractivity contribution is 5.93. The van der Waals surface area contributed by atoms with Crippen LogP contribution in [0.15, 0.2) is 10.8 Å². The van der Waals surface area contributed by atoms with Crippen molar-refractivity contribution in [2.24, 2.45) is 5.92 Å². The SMILES string of the molecule is CCc1ncoc1C(=O)N1CC(CC(=O)N[C@@]23COC[C@@H]2C3)OCC12CCC2. The Hall–Kier alpha value is -1.93. The van der Waals surface area contributed by atoms with Gasteiger partial charge in [-0.05, 0) is 32.1 Å². The lowest BCUT2D eigenvalue weighted by Crippen LogP contribution is -2.65. The van der Waals surface area contributed by atoms with Gasteiger partial charge in [0.15, 0.2) is 6.39 Å². The molecule has 3 heterocycles. The minimum Gasteiger partial charge on any atom is -0.438 e. The number of oxazole rings is 1. The van der Waals surface area contributed by atoms with Crippen LogP contribution in [0.25, 0.3) is 0 Å². The first-order valence-electron chi connectivity index (χ1n) is 10.3. The molecule has 2 saturated carbocycles. The zero-order valence-corrected chi connectivity index (χ0v) is 16.2. The molecule has 2 saturated heterocycles. The molecule has 5 rings (SSSR count). The summed E-state index contributed by atoms with van der Waals surface area (Å²) in [6, 6.07) is 0. The van der Waals surface area contributed by atoms with E-state index in [4.69, 9.17) is 13.9 Å². The summed E-state index contributed by atoms with van der Waals surface area (Å²) in [4.78, 5) is 31.8. The normalized spacial score (nSPS) is 32.7. The highest BCUT2D eigenvalue weighted by atomic mass is 16.5. The molecule has 1 spiro atoms. The number of rotatable bonds is 5. The molecule has 1 aromatic rings. The number of amides is 2. The first-order chi connectivity index (χ1) is 13.6. The molecule has 0 radical (unpaired) electrons. The number of hydrogen-bond donors (Lipinski definition) is 1. The quantitative estimate of drug-likeness (QED) is 0.816. The molecule has 0 bridgehead atoms. The van der Waals surface area contributed by atoms with Crippen molar-refractivity contribution in [1.29, 1.82) is 0 Å². The summed E-state index contributed by atoms with van der Waals surface area (Å²) in [5.41, 5.74) is 0.272. The van der Waals surface area contributed by atoms with Gasteiger partial charge < -0.3 is 24.1 Å². The van der Waals surface area contributed by atoms with Crippen LogP contribution in [0, 0.1) is 5.92 Å². The van der Waals surface area contributed by atoms with E-state index in [1.54, 1.807) is 0 Å². The van der Waals surface area contributed by atoms with Crippen molar-refractivity contribution in [2.45, 2.75) is 62.6 Å². The minimum atomic E-state index is -0.306. The summed E-state index contributed by atoms with van der Waals surface area (Å²) >= 11 is 0. The van der Waals surface area contributed by atoms with Gasteiger partial charge in [0.2, 0.25) is 11.7 Å². The van der Waals surface area contributed by atoms with Crippen molar-refractivity contribution in [3.8, 4) is 0 Å². The van der Waals surface area contributed by atoms with E-state index >= 15 is 0 Å². The molecule has 2 amide bonds. The van der Waals surface area contributed by atoms with E-state index in [-0.39, 0.29) is 35.4 Å². The number of morpholine rings is 1. The van der Waals surface area contributed by atoms with E-state index in [0.29, 0.717) is 43.6 Å². The summed E-state index contributed by atoms with van der Waals surface area (Å²) in [5.74, 6) is 0.623. The molecule has 1 N–H and O–H groups in total. The number of aromatic nitrogens is 1. The molecule has 2 aliphatic heterocycles. The third-order valence-corrected chi connectivity index (χ3v) is 6.96. The molecule has 8 nitrogen and oxygen atoms in total. The molecular formula is C20H27N3O5. The van der Waals surface area contributed by atoms with E-state index in [9.17, 15) is 9.59 Å². The van der Waals surface area contributed by atoms with Crippen LogP contribution in [0.3, 0.4) is 0 Å². The van der Waals surface area contributed by atoms with E-state index in [2.05, 4.69) is 10.3 Å². The second-order valence-corrected chi connectivity index (χ2v) is 8.73. The Labute approximate surface area is 163 Å². The van der Waals surface area contributed by atoms with Crippen molar-refractivity contribution in [1.82, 2.24) is 15.2 Å². The van der Waals surface area contributed by atoms with Crippen molar-refractivity contribution in [3.63, 3.8) is 0 Å². The Morgan fingerprint density at radius 1 is 1.36 bits per heavy atom. The van der Waals surface area contributed by atoms with Gasteiger partial charge in [-0.15, -0.1) is 0 Å². The maximum atomic E-state index is 13.2. The van der Waals surface area contributed by atoms with E-state index in [1.165, 1.54) is 6.39 Å². The molecule has 0 aromatic carbocycles. The monoisotopic (exact) mass is 389 g/mol. The van der Waals surface area contributed by atoms with Crippen molar-refractivity contribution in [3.05, 3.63) is 17.8 Å². The number of nitrogens with zero attached hydrogens (tertiary/aromatic N) is 2. The zero-order valence-electron chi connectivity index (χ0n) is 16.2. The van der Waals surface area contributed by atoms with Crippen LogP contribution < -0.4 is 5.32 Å². The third-order valence-electron chi connectivity index (χ3n) is 6.96. The Bertz CT molecular complexity index is 789. The summed E-state index contributed by atoms with van der Waals surface area (Å²) in [6.45, 7) is 4.18. The van der Waals surface area contributed by atoms with Crippen LogP contribution in [-0.2, 0) is 20.7 Å². The molecule has 4 fully saturated rings. The Kier molecular flexibility index (Phi) is 4.24. The van der Waals surface area contributed by atoms with E-state index < -0.39 is 0 Å². The van der Waals surface area contributed by atoms with Crippen molar-refractivity contribution < 1.29 is 23.5 Å². The lowest BCUT2D eigenvalue weighted by atomic mass is 9.74. The zero-order chi connectivity index (χ0) is 19.4. The van der Waals surface area contributed by atoms with Crippen LogP contribution in [0.5, 0.6) is 0 Å². The molecule has 152 valence electrons. The predicted molar refractivity (Wildman–Crippen MR) is 97.7 cm³/mol. The molecule has 1 aromatic heterocycles. The fourth-order valence-corrected chi connectivity index (χ4v) is 4.92. The average molecular weight is 389 g/mol. The Morgan fingerprint density at radius 3 is 2.86 bits per heavy atom. The Balaban J connectivity index is 1.27. The number of carbonyl (C=O) groups is 2. The summed E-state index contributed by atoms with van der Waals surface area (Å²) in [5, 5.41) is 3.14. The van der Waals surface area contributed by atoms with Gasteiger partial charge in [0.1, 0.15) is 0 Å². The summed E-state index contributed by atoms with van der Waals surface area (Å²) in [7, 11) is 0. The van der Waals surface area contributed by atoms with Crippen LogP contribution in [0.2, 0.25) is 0 Å². The summed E-state index contributed by atoms with van der Waals surface area (Å²) in [6.07, 6.45) is 5.86. The second-order valence-electron chi connectivity index (χ2n) is 8.73. The highest BCUT2D eigenvalue weighted by Gasteiger charge is 2.59. The molecule has 28 heavy (non-hydrogen) atoms. The smallest absolute Gasteiger partial charge is 0.292 e. The standard InChI is InChI=1S/C20H27N3O5/c1-2-15-17(28-12-21-15)18(25)23-8-14(27-10-19(23)4-3-5-19)6-16(24)22-20-7-13(20)9-26-11-20/h12-14H,2-11H2,1H3,(H,22,24)/t13-,14?,20-/m0/s1. The second kappa shape index (κ2) is 6.56. The predicted octanol–water partition coefficient (Wildman–Crippen LogP) is 1.30. The molecule has 3 atom stereocenters. The largest absolute Gasteiger partial charge is 0.438 e. The van der Waals surface area contributed by atoms with Gasteiger partial charge in [-0.25, -0.2) is 4.98 Å². The van der Waals surface area contributed by atoms with Gasteiger partial charge in [-0.2, -0.15) is 0 Å². The van der Waals surface area contributed by atoms with E-state index in [1.807, 2.05) is 11.8 Å². The maximum Gasteiger partial charge on any atom is 0.292 e.